The summed E-state index contributed by atoms with van der Waals surface area (Å²) in [6, 6.07) is 0. The molecular weight excluding hydrogens is 178 g/mol. The minimum Gasteiger partial charge on any atom is -0.284 e. The van der Waals surface area contributed by atoms with Gasteiger partial charge in [0, 0.05) is 7.05 Å². The number of amides is 2. The Labute approximate surface area is 85.5 Å². The third-order valence-electron chi connectivity index (χ3n) is 3.08. The van der Waals surface area contributed by atoms with Crippen molar-refractivity contribution in [3.63, 3.8) is 0 Å². The van der Waals surface area contributed by atoms with Gasteiger partial charge in [0.2, 0.25) is 11.8 Å². The van der Waals surface area contributed by atoms with Crippen LogP contribution in [0.3, 0.4) is 0 Å². The number of carbonyl (C=O) groups excluding carboxylic acids is 2. The molecule has 3 nitrogen and oxygen atoms in total. The Morgan fingerprint density at radius 3 is 2.21 bits per heavy atom. The van der Waals surface area contributed by atoms with Gasteiger partial charge in [0.25, 0.3) is 0 Å². The third kappa shape index (κ3) is 1.68. The van der Waals surface area contributed by atoms with Crippen LogP contribution in [0.5, 0.6) is 0 Å². The van der Waals surface area contributed by atoms with Crippen LogP contribution in [0, 0.1) is 5.41 Å². The molecule has 1 rings (SSSR count). The van der Waals surface area contributed by atoms with Gasteiger partial charge in [-0.1, -0.05) is 32.6 Å². The van der Waals surface area contributed by atoms with E-state index in [-0.39, 0.29) is 11.8 Å². The molecule has 1 aliphatic heterocycles. The Bertz CT molecular complexity index is 232. The molecule has 80 valence electrons. The summed E-state index contributed by atoms with van der Waals surface area (Å²) in [6.07, 6.45) is 5.19. The minimum absolute atomic E-state index is 0.0148. The predicted octanol–water partition coefficient (Wildman–Crippen LogP) is 1.96. The van der Waals surface area contributed by atoms with Crippen LogP contribution in [-0.4, -0.2) is 23.8 Å². The van der Waals surface area contributed by atoms with E-state index in [4.69, 9.17) is 0 Å². The van der Waals surface area contributed by atoms with Crippen molar-refractivity contribution in [1.82, 2.24) is 4.90 Å². The van der Waals surface area contributed by atoms with Crippen LogP contribution in [0.15, 0.2) is 0 Å². The molecule has 1 fully saturated rings. The number of hydrogen-bond donors (Lipinski definition) is 0. The van der Waals surface area contributed by atoms with Gasteiger partial charge < -0.3 is 0 Å². The van der Waals surface area contributed by atoms with E-state index in [1.165, 1.54) is 17.7 Å². The zero-order valence-corrected chi connectivity index (χ0v) is 9.30. The summed E-state index contributed by atoms with van der Waals surface area (Å²) in [5, 5.41) is 0. The summed E-state index contributed by atoms with van der Waals surface area (Å²) in [7, 11) is 1.55. The van der Waals surface area contributed by atoms with Crippen LogP contribution < -0.4 is 0 Å². The van der Waals surface area contributed by atoms with Crippen LogP contribution in [0.4, 0.5) is 0 Å². The van der Waals surface area contributed by atoms with Crippen molar-refractivity contribution in [2.24, 2.45) is 5.41 Å². The SMILES string of the molecule is CCCCCCC1(C)C(=O)N(C)C1=O. The molecule has 0 spiro atoms. The standard InChI is InChI=1S/C11H19NO2/c1-4-5-6-7-8-11(2)9(13)12(3)10(11)14/h4-8H2,1-3H3. The molecular formula is C11H19NO2. The van der Waals surface area contributed by atoms with Crippen molar-refractivity contribution in [3.8, 4) is 0 Å². The van der Waals surface area contributed by atoms with Crippen molar-refractivity contribution in [2.75, 3.05) is 7.05 Å². The smallest absolute Gasteiger partial charge is 0.244 e. The maximum absolute atomic E-state index is 11.5. The number of unbranched alkanes of at least 4 members (excludes halogenated alkanes) is 3. The first-order chi connectivity index (χ1) is 6.54. The first-order valence-electron chi connectivity index (χ1n) is 5.36. The zero-order chi connectivity index (χ0) is 10.8. The van der Waals surface area contributed by atoms with Crippen molar-refractivity contribution < 1.29 is 9.59 Å². The van der Waals surface area contributed by atoms with Gasteiger partial charge in [-0.05, 0) is 13.3 Å². The molecule has 1 saturated heterocycles. The summed E-state index contributed by atoms with van der Waals surface area (Å²) in [4.78, 5) is 24.1. The number of hydrogen-bond acceptors (Lipinski definition) is 2. The van der Waals surface area contributed by atoms with Crippen LogP contribution in [0.25, 0.3) is 0 Å². The summed E-state index contributed by atoms with van der Waals surface area (Å²) in [5.41, 5.74) is -0.692. The van der Waals surface area contributed by atoms with E-state index >= 15 is 0 Å². The van der Waals surface area contributed by atoms with E-state index < -0.39 is 5.41 Å². The second-order valence-electron chi connectivity index (χ2n) is 4.31. The monoisotopic (exact) mass is 197 g/mol. The highest BCUT2D eigenvalue weighted by atomic mass is 16.2. The molecule has 0 saturated carbocycles. The fourth-order valence-corrected chi connectivity index (χ4v) is 1.99. The van der Waals surface area contributed by atoms with Gasteiger partial charge in [-0.2, -0.15) is 0 Å². The molecule has 3 heteroatoms. The quantitative estimate of drug-likeness (QED) is 0.384. The van der Waals surface area contributed by atoms with Gasteiger partial charge in [0.05, 0.1) is 0 Å². The minimum atomic E-state index is -0.692. The van der Waals surface area contributed by atoms with Crippen LogP contribution in [-0.2, 0) is 9.59 Å². The Hall–Kier alpha value is -0.860. The Morgan fingerprint density at radius 2 is 1.71 bits per heavy atom. The summed E-state index contributed by atoms with van der Waals surface area (Å²) < 4.78 is 0. The van der Waals surface area contributed by atoms with Crippen molar-refractivity contribution in [2.45, 2.75) is 46.0 Å². The Kier molecular flexibility index (Phi) is 3.29. The van der Waals surface area contributed by atoms with E-state index in [0.717, 1.165) is 19.3 Å². The topological polar surface area (TPSA) is 37.4 Å². The molecule has 0 aromatic carbocycles. The molecule has 1 heterocycles. The average molecular weight is 197 g/mol. The normalized spacial score (nSPS) is 19.8. The van der Waals surface area contributed by atoms with E-state index in [2.05, 4.69) is 6.92 Å². The molecule has 0 atom stereocenters. The lowest BCUT2D eigenvalue weighted by atomic mass is 9.76. The number of likely N-dealkylation sites (tertiary alicyclic amines) is 1. The molecule has 0 N–H and O–H groups in total. The molecule has 0 aliphatic carbocycles. The fraction of sp³-hybridized carbons (Fsp3) is 0.818. The maximum Gasteiger partial charge on any atom is 0.244 e. The van der Waals surface area contributed by atoms with E-state index in [1.54, 1.807) is 14.0 Å². The maximum atomic E-state index is 11.5. The second kappa shape index (κ2) is 4.11. The van der Waals surface area contributed by atoms with Crippen molar-refractivity contribution >= 4 is 11.8 Å². The molecule has 0 unspecified atom stereocenters. The summed E-state index contributed by atoms with van der Waals surface area (Å²) in [5.74, 6) is -0.0296. The number of nitrogens with zero attached hydrogens (tertiary/aromatic N) is 1. The van der Waals surface area contributed by atoms with Crippen LogP contribution in [0.1, 0.15) is 46.0 Å². The number of imide groups is 1. The lowest BCUT2D eigenvalue weighted by molar-refractivity contribution is -0.173. The van der Waals surface area contributed by atoms with Crippen LogP contribution in [0.2, 0.25) is 0 Å². The molecule has 1 aliphatic rings. The Balaban J connectivity index is 2.36. The van der Waals surface area contributed by atoms with Gasteiger partial charge in [-0.3, -0.25) is 14.5 Å². The number of β-lactam (4-membered cyclic amide) rings is 2. The van der Waals surface area contributed by atoms with Gasteiger partial charge >= 0.3 is 0 Å². The zero-order valence-electron chi connectivity index (χ0n) is 9.30. The fourth-order valence-electron chi connectivity index (χ4n) is 1.99. The van der Waals surface area contributed by atoms with Gasteiger partial charge in [-0.15, -0.1) is 0 Å². The predicted molar refractivity (Wildman–Crippen MR) is 54.6 cm³/mol. The first kappa shape index (κ1) is 11.2. The van der Waals surface area contributed by atoms with Gasteiger partial charge in [-0.25, -0.2) is 0 Å². The summed E-state index contributed by atoms with van der Waals surface area (Å²) >= 11 is 0. The molecule has 0 aromatic rings. The van der Waals surface area contributed by atoms with E-state index in [0.29, 0.717) is 0 Å². The Morgan fingerprint density at radius 1 is 1.14 bits per heavy atom. The summed E-state index contributed by atoms with van der Waals surface area (Å²) in [6.45, 7) is 3.92. The molecule has 2 amide bonds. The highest BCUT2D eigenvalue weighted by molar-refractivity contribution is 6.21. The van der Waals surface area contributed by atoms with Gasteiger partial charge in [0.1, 0.15) is 5.41 Å². The lowest BCUT2D eigenvalue weighted by Gasteiger charge is -2.42. The van der Waals surface area contributed by atoms with Crippen molar-refractivity contribution in [3.05, 3.63) is 0 Å². The van der Waals surface area contributed by atoms with Crippen LogP contribution >= 0.6 is 0 Å². The van der Waals surface area contributed by atoms with E-state index in [9.17, 15) is 9.59 Å². The highest BCUT2D eigenvalue weighted by Crippen LogP contribution is 2.37. The van der Waals surface area contributed by atoms with E-state index in [1.807, 2.05) is 0 Å². The van der Waals surface area contributed by atoms with Crippen molar-refractivity contribution in [1.29, 1.82) is 0 Å². The second-order valence-corrected chi connectivity index (χ2v) is 4.31. The number of rotatable bonds is 5. The average Bonchev–Trinajstić information content (AvgIpc) is 2.21. The first-order valence-corrected chi connectivity index (χ1v) is 5.36. The largest absolute Gasteiger partial charge is 0.284 e. The van der Waals surface area contributed by atoms with Gasteiger partial charge in [0.15, 0.2) is 0 Å². The molecule has 0 bridgehead atoms. The highest BCUT2D eigenvalue weighted by Gasteiger charge is 2.54. The molecule has 14 heavy (non-hydrogen) atoms. The number of carbonyl (C=O) groups is 2. The third-order valence-corrected chi connectivity index (χ3v) is 3.08. The lowest BCUT2D eigenvalue weighted by Crippen LogP contribution is -2.62. The molecule has 0 radical (unpaired) electrons. The molecule has 0 aromatic heterocycles.